The molecule has 29 heavy (non-hydrogen) atoms. The second kappa shape index (κ2) is 7.58. The van der Waals surface area contributed by atoms with E-state index in [0.29, 0.717) is 39.9 Å². The fourth-order valence-corrected chi connectivity index (χ4v) is 4.02. The molecule has 148 valence electrons. The number of thioether (sulfide) groups is 1. The number of halogens is 1. The van der Waals surface area contributed by atoms with E-state index in [1.165, 1.54) is 11.8 Å². The summed E-state index contributed by atoms with van der Waals surface area (Å²) in [7, 11) is 0. The van der Waals surface area contributed by atoms with Crippen LogP contribution in [0.4, 0.5) is 0 Å². The predicted molar refractivity (Wildman–Crippen MR) is 107 cm³/mol. The van der Waals surface area contributed by atoms with Crippen molar-refractivity contribution in [3.05, 3.63) is 47.2 Å². The molecule has 4 aromatic rings. The van der Waals surface area contributed by atoms with E-state index in [2.05, 4.69) is 15.2 Å². The number of imidazole rings is 1. The molecule has 0 saturated carbocycles. The normalized spacial score (nSPS) is 12.8. The van der Waals surface area contributed by atoms with Crippen molar-refractivity contribution in [2.75, 3.05) is 13.4 Å². The Morgan fingerprint density at radius 3 is 2.90 bits per heavy atom. The molecule has 2 aromatic heterocycles. The SMILES string of the molecule is OCCn1c(CSc2nnc(-c3ccc4c(c3)OCO4)o2)nc2ccc(Cl)cc21. The second-order valence-corrected chi connectivity index (χ2v) is 7.63. The van der Waals surface area contributed by atoms with Gasteiger partial charge in [-0.05, 0) is 36.4 Å². The second-order valence-electron chi connectivity index (χ2n) is 6.27. The van der Waals surface area contributed by atoms with E-state index < -0.39 is 0 Å². The fourth-order valence-electron chi connectivity index (χ4n) is 3.15. The molecule has 0 radical (unpaired) electrons. The van der Waals surface area contributed by atoms with Crippen LogP contribution in [0.1, 0.15) is 5.82 Å². The molecule has 1 aliphatic heterocycles. The van der Waals surface area contributed by atoms with Crippen molar-refractivity contribution >= 4 is 34.4 Å². The van der Waals surface area contributed by atoms with Gasteiger partial charge in [0.1, 0.15) is 5.82 Å². The van der Waals surface area contributed by atoms with E-state index in [4.69, 9.17) is 25.5 Å². The van der Waals surface area contributed by atoms with Gasteiger partial charge < -0.3 is 23.6 Å². The summed E-state index contributed by atoms with van der Waals surface area (Å²) in [5.74, 6) is 3.07. The number of aliphatic hydroxyl groups excluding tert-OH is 1. The maximum atomic E-state index is 9.42. The van der Waals surface area contributed by atoms with Gasteiger partial charge in [-0.2, -0.15) is 0 Å². The molecule has 0 unspecified atom stereocenters. The van der Waals surface area contributed by atoms with Crippen LogP contribution in [0.5, 0.6) is 11.5 Å². The molecule has 10 heteroatoms. The van der Waals surface area contributed by atoms with Gasteiger partial charge in [0, 0.05) is 17.1 Å². The van der Waals surface area contributed by atoms with Gasteiger partial charge in [0.05, 0.1) is 23.4 Å². The van der Waals surface area contributed by atoms with Crippen LogP contribution in [0.3, 0.4) is 0 Å². The van der Waals surface area contributed by atoms with Crippen LogP contribution in [0.15, 0.2) is 46.0 Å². The maximum absolute atomic E-state index is 9.42. The minimum absolute atomic E-state index is 0.00442. The van der Waals surface area contributed by atoms with Gasteiger partial charge in [-0.25, -0.2) is 4.98 Å². The van der Waals surface area contributed by atoms with E-state index in [-0.39, 0.29) is 13.4 Å². The molecule has 8 nitrogen and oxygen atoms in total. The van der Waals surface area contributed by atoms with Crippen LogP contribution >= 0.6 is 23.4 Å². The summed E-state index contributed by atoms with van der Waals surface area (Å²) in [6.07, 6.45) is 0. The van der Waals surface area contributed by atoms with Crippen LogP contribution < -0.4 is 9.47 Å². The molecule has 0 spiro atoms. The molecule has 0 aliphatic carbocycles. The van der Waals surface area contributed by atoms with Crippen molar-refractivity contribution in [3.8, 4) is 23.0 Å². The van der Waals surface area contributed by atoms with Crippen molar-refractivity contribution in [2.45, 2.75) is 17.5 Å². The van der Waals surface area contributed by atoms with Gasteiger partial charge in [0.15, 0.2) is 11.5 Å². The Morgan fingerprint density at radius 2 is 2.00 bits per heavy atom. The molecule has 0 fully saturated rings. The van der Waals surface area contributed by atoms with Crippen molar-refractivity contribution in [2.24, 2.45) is 0 Å². The number of benzene rings is 2. The minimum atomic E-state index is 0.00442. The predicted octanol–water partition coefficient (Wildman–Crippen LogP) is 3.75. The Morgan fingerprint density at radius 1 is 1.10 bits per heavy atom. The topological polar surface area (TPSA) is 95.4 Å². The van der Waals surface area contributed by atoms with Crippen molar-refractivity contribution in [1.29, 1.82) is 0 Å². The summed E-state index contributed by atoms with van der Waals surface area (Å²) in [6, 6.07) is 11.0. The minimum Gasteiger partial charge on any atom is -0.454 e. The Bertz CT molecular complexity index is 1190. The highest BCUT2D eigenvalue weighted by molar-refractivity contribution is 7.98. The van der Waals surface area contributed by atoms with Gasteiger partial charge in [0.25, 0.3) is 5.22 Å². The summed E-state index contributed by atoms with van der Waals surface area (Å²) in [6.45, 7) is 0.646. The molecule has 0 amide bonds. The zero-order chi connectivity index (χ0) is 19.8. The molecule has 1 aliphatic rings. The third kappa shape index (κ3) is 3.52. The zero-order valence-electron chi connectivity index (χ0n) is 15.0. The van der Waals surface area contributed by atoms with E-state index in [1.807, 2.05) is 34.9 Å². The highest BCUT2D eigenvalue weighted by atomic mass is 35.5. The van der Waals surface area contributed by atoms with Crippen LogP contribution in [-0.2, 0) is 12.3 Å². The van der Waals surface area contributed by atoms with Crippen molar-refractivity contribution in [3.63, 3.8) is 0 Å². The molecule has 3 heterocycles. The highest BCUT2D eigenvalue weighted by Gasteiger charge is 2.18. The molecule has 5 rings (SSSR count). The van der Waals surface area contributed by atoms with Crippen LogP contribution in [0.25, 0.3) is 22.5 Å². The number of aliphatic hydroxyl groups is 1. The lowest BCUT2D eigenvalue weighted by molar-refractivity contribution is 0.174. The molecule has 0 saturated heterocycles. The van der Waals surface area contributed by atoms with Gasteiger partial charge in [-0.1, -0.05) is 23.4 Å². The molecule has 0 atom stereocenters. The average molecular weight is 431 g/mol. The summed E-state index contributed by atoms with van der Waals surface area (Å²) in [5.41, 5.74) is 2.47. The van der Waals surface area contributed by atoms with Crippen molar-refractivity contribution in [1.82, 2.24) is 19.7 Å². The fraction of sp³-hybridized carbons (Fsp3) is 0.211. The van der Waals surface area contributed by atoms with Gasteiger partial charge in [0.2, 0.25) is 12.7 Å². The van der Waals surface area contributed by atoms with Crippen LogP contribution in [0, 0.1) is 0 Å². The molecular formula is C19H15ClN4O4S. The van der Waals surface area contributed by atoms with E-state index >= 15 is 0 Å². The summed E-state index contributed by atoms with van der Waals surface area (Å²) in [4.78, 5) is 4.64. The summed E-state index contributed by atoms with van der Waals surface area (Å²) >= 11 is 7.49. The molecule has 1 N–H and O–H groups in total. The maximum Gasteiger partial charge on any atom is 0.277 e. The monoisotopic (exact) mass is 430 g/mol. The lowest BCUT2D eigenvalue weighted by atomic mass is 10.2. The Hall–Kier alpha value is -2.75. The Balaban J connectivity index is 1.36. The number of hydrogen-bond donors (Lipinski definition) is 1. The molecular weight excluding hydrogens is 416 g/mol. The average Bonchev–Trinajstić information content (AvgIpc) is 3.45. The van der Waals surface area contributed by atoms with E-state index in [1.54, 1.807) is 6.07 Å². The Kier molecular flexibility index (Phi) is 4.78. The van der Waals surface area contributed by atoms with Crippen LogP contribution in [-0.4, -0.2) is 38.3 Å². The zero-order valence-corrected chi connectivity index (χ0v) is 16.6. The number of hydrogen-bond acceptors (Lipinski definition) is 8. The first kappa shape index (κ1) is 18.3. The number of nitrogens with zero attached hydrogens (tertiary/aromatic N) is 4. The molecule has 0 bridgehead atoms. The van der Waals surface area contributed by atoms with E-state index in [9.17, 15) is 5.11 Å². The van der Waals surface area contributed by atoms with E-state index in [0.717, 1.165) is 22.4 Å². The third-order valence-corrected chi connectivity index (χ3v) is 5.51. The summed E-state index contributed by atoms with van der Waals surface area (Å²) in [5, 5.41) is 18.7. The first-order valence-electron chi connectivity index (χ1n) is 8.83. The smallest absolute Gasteiger partial charge is 0.277 e. The lowest BCUT2D eigenvalue weighted by Crippen LogP contribution is -2.06. The number of fused-ring (bicyclic) bond motifs is 2. The number of ether oxygens (including phenoxy) is 2. The van der Waals surface area contributed by atoms with Crippen molar-refractivity contribution < 1.29 is 19.0 Å². The van der Waals surface area contributed by atoms with Crippen LogP contribution in [0.2, 0.25) is 5.02 Å². The third-order valence-electron chi connectivity index (χ3n) is 4.46. The van der Waals surface area contributed by atoms with Gasteiger partial charge in [-0.15, -0.1) is 10.2 Å². The first-order valence-corrected chi connectivity index (χ1v) is 10.2. The highest BCUT2D eigenvalue weighted by Crippen LogP contribution is 2.36. The number of rotatable bonds is 6. The largest absolute Gasteiger partial charge is 0.454 e. The van der Waals surface area contributed by atoms with Gasteiger partial charge in [-0.3, -0.25) is 0 Å². The number of aromatic nitrogens is 4. The Labute approximate surface area is 174 Å². The first-order chi connectivity index (χ1) is 14.2. The quantitative estimate of drug-likeness (QED) is 0.462. The lowest BCUT2D eigenvalue weighted by Gasteiger charge is -2.06. The van der Waals surface area contributed by atoms with Gasteiger partial charge >= 0.3 is 0 Å². The summed E-state index contributed by atoms with van der Waals surface area (Å²) < 4.78 is 18.4. The standard InChI is InChI=1S/C19H15ClN4O4S/c20-12-2-3-13-14(8-12)24(5-6-25)17(21-13)9-29-19-23-22-18(28-19)11-1-4-15-16(7-11)27-10-26-15/h1-4,7-8,25H,5-6,9-10H2. The molecule has 2 aromatic carbocycles.